The Labute approximate surface area is 154 Å². The second-order valence-corrected chi connectivity index (χ2v) is 6.69. The highest BCUT2D eigenvalue weighted by atomic mass is 79.9. The van der Waals surface area contributed by atoms with Gasteiger partial charge in [-0.3, -0.25) is 0 Å². The molecule has 126 valence electrons. The van der Waals surface area contributed by atoms with Crippen LogP contribution in [0.3, 0.4) is 0 Å². The molecule has 0 aliphatic rings. The molecule has 25 heavy (non-hydrogen) atoms. The number of halogens is 1. The summed E-state index contributed by atoms with van der Waals surface area (Å²) < 4.78 is 13.8. The van der Waals surface area contributed by atoms with Crippen molar-refractivity contribution in [1.29, 1.82) is 0 Å². The maximum absolute atomic E-state index is 5.65. The third-order valence-corrected chi connectivity index (χ3v) is 4.42. The fraction of sp³-hybridized carbons (Fsp3) is 0.143. The lowest BCUT2D eigenvalue weighted by atomic mass is 10.2. The lowest BCUT2D eigenvalue weighted by molar-refractivity contribution is 0.397. The van der Waals surface area contributed by atoms with Gasteiger partial charge in [-0.25, -0.2) is 9.67 Å². The number of hydrogen-bond acceptors (Lipinski definition) is 9. The molecule has 0 unspecified atom stereocenters. The van der Waals surface area contributed by atoms with E-state index in [1.54, 1.807) is 11.0 Å². The summed E-state index contributed by atoms with van der Waals surface area (Å²) in [6.45, 7) is 0.377. The first-order chi connectivity index (χ1) is 12.3. The van der Waals surface area contributed by atoms with Crippen molar-refractivity contribution in [1.82, 2.24) is 35.2 Å². The van der Waals surface area contributed by atoms with E-state index in [1.165, 1.54) is 18.1 Å². The van der Waals surface area contributed by atoms with Crippen LogP contribution in [0.2, 0.25) is 0 Å². The van der Waals surface area contributed by atoms with Gasteiger partial charge in [0.05, 0.1) is 5.75 Å². The Hall–Kier alpha value is -2.53. The average molecular weight is 420 g/mol. The van der Waals surface area contributed by atoms with Crippen molar-refractivity contribution >= 4 is 27.7 Å². The fourth-order valence-corrected chi connectivity index (χ4v) is 2.84. The van der Waals surface area contributed by atoms with Gasteiger partial charge in [-0.05, 0) is 24.3 Å². The van der Waals surface area contributed by atoms with Crippen molar-refractivity contribution in [2.24, 2.45) is 0 Å². The van der Waals surface area contributed by atoms with Crippen LogP contribution in [0.5, 0.6) is 0 Å². The van der Waals surface area contributed by atoms with Crippen LogP contribution >= 0.6 is 27.7 Å². The van der Waals surface area contributed by atoms with Crippen LogP contribution in [0.1, 0.15) is 11.8 Å². The van der Waals surface area contributed by atoms with Crippen molar-refractivity contribution in [3.63, 3.8) is 0 Å². The largest absolute Gasteiger partial charge is 0.420 e. The van der Waals surface area contributed by atoms with E-state index in [1.807, 2.05) is 24.3 Å². The SMILES string of the molecule is Brc1ccc(-c2nnc(CSc3nnc(Cn4cncn4)o3)o2)cc1. The van der Waals surface area contributed by atoms with Crippen molar-refractivity contribution in [3.05, 3.63) is 53.2 Å². The fourth-order valence-electron chi connectivity index (χ4n) is 1.96. The second kappa shape index (κ2) is 7.15. The Balaban J connectivity index is 1.37. The molecule has 11 heteroatoms. The zero-order chi connectivity index (χ0) is 17.1. The molecule has 3 heterocycles. The molecule has 9 nitrogen and oxygen atoms in total. The van der Waals surface area contributed by atoms with Crippen LogP contribution in [0.4, 0.5) is 0 Å². The summed E-state index contributed by atoms with van der Waals surface area (Å²) in [7, 11) is 0. The maximum atomic E-state index is 5.65. The molecule has 4 aromatic rings. The van der Waals surface area contributed by atoms with Crippen LogP contribution in [0.15, 0.2) is 55.4 Å². The van der Waals surface area contributed by atoms with Crippen LogP contribution in [-0.4, -0.2) is 35.2 Å². The molecular weight excluding hydrogens is 410 g/mol. The summed E-state index contributed by atoms with van der Waals surface area (Å²) in [4.78, 5) is 3.86. The average Bonchev–Trinajstić information content (AvgIpc) is 3.36. The Kier molecular flexibility index (Phi) is 4.57. The third kappa shape index (κ3) is 3.94. The molecule has 0 aliphatic carbocycles. The van der Waals surface area contributed by atoms with Crippen LogP contribution in [-0.2, 0) is 12.3 Å². The van der Waals surface area contributed by atoms with Crippen molar-refractivity contribution in [2.45, 2.75) is 17.5 Å². The molecule has 0 radical (unpaired) electrons. The number of aromatic nitrogens is 7. The molecule has 0 saturated carbocycles. The van der Waals surface area contributed by atoms with Crippen LogP contribution < -0.4 is 0 Å². The summed E-state index contributed by atoms with van der Waals surface area (Å²) in [5.74, 6) is 1.85. The van der Waals surface area contributed by atoms with Gasteiger partial charge >= 0.3 is 0 Å². The smallest absolute Gasteiger partial charge is 0.277 e. The van der Waals surface area contributed by atoms with Crippen molar-refractivity contribution in [3.8, 4) is 11.5 Å². The van der Waals surface area contributed by atoms with E-state index in [9.17, 15) is 0 Å². The van der Waals surface area contributed by atoms with E-state index in [-0.39, 0.29) is 0 Å². The molecule has 0 aliphatic heterocycles. The molecular formula is C14H10BrN7O2S. The Morgan fingerprint density at radius 3 is 2.64 bits per heavy atom. The minimum atomic E-state index is 0.377. The Bertz CT molecular complexity index is 952. The van der Waals surface area contributed by atoms with Gasteiger partial charge in [-0.15, -0.1) is 20.4 Å². The molecule has 0 saturated heterocycles. The lowest BCUT2D eigenvalue weighted by Gasteiger charge is -1.95. The molecule has 0 bridgehead atoms. The number of thioether (sulfide) groups is 1. The monoisotopic (exact) mass is 419 g/mol. The van der Waals surface area contributed by atoms with Crippen molar-refractivity contribution < 1.29 is 8.83 Å². The van der Waals surface area contributed by atoms with Crippen LogP contribution in [0, 0.1) is 0 Å². The van der Waals surface area contributed by atoms with E-state index >= 15 is 0 Å². The topological polar surface area (TPSA) is 109 Å². The summed E-state index contributed by atoms with van der Waals surface area (Å²) in [6, 6.07) is 7.65. The van der Waals surface area contributed by atoms with Gasteiger partial charge in [-0.1, -0.05) is 27.7 Å². The van der Waals surface area contributed by atoms with Crippen LogP contribution in [0.25, 0.3) is 11.5 Å². The summed E-state index contributed by atoms with van der Waals surface area (Å²) in [6.07, 6.45) is 3.03. The second-order valence-electron chi connectivity index (χ2n) is 4.85. The first kappa shape index (κ1) is 16.0. The highest BCUT2D eigenvalue weighted by Crippen LogP contribution is 2.24. The van der Waals surface area contributed by atoms with Gasteiger partial charge in [-0.2, -0.15) is 5.10 Å². The van der Waals surface area contributed by atoms with E-state index in [4.69, 9.17) is 8.83 Å². The molecule has 0 atom stereocenters. The molecule has 1 aromatic carbocycles. The first-order valence-corrected chi connectivity index (χ1v) is 8.90. The van der Waals surface area contributed by atoms with Gasteiger partial charge in [0.25, 0.3) is 5.22 Å². The molecule has 0 amide bonds. The molecule has 0 spiro atoms. The first-order valence-electron chi connectivity index (χ1n) is 7.12. The Morgan fingerprint density at radius 2 is 1.84 bits per heavy atom. The predicted octanol–water partition coefficient (Wildman–Crippen LogP) is 2.81. The number of rotatable bonds is 6. The van der Waals surface area contributed by atoms with E-state index in [2.05, 4.69) is 46.4 Å². The standard InChI is InChI=1S/C14H10BrN7O2S/c15-10-3-1-9(2-4-10)13-20-19-12(23-13)6-25-14-21-18-11(24-14)5-22-8-16-7-17-22/h1-4,7-8H,5-6H2. The molecule has 0 N–H and O–H groups in total. The number of hydrogen-bond donors (Lipinski definition) is 0. The minimum absolute atomic E-state index is 0.377. The van der Waals surface area contributed by atoms with Gasteiger partial charge in [0.2, 0.25) is 17.7 Å². The summed E-state index contributed by atoms with van der Waals surface area (Å²) in [5, 5.41) is 20.4. The third-order valence-electron chi connectivity index (χ3n) is 3.09. The molecule has 3 aromatic heterocycles. The molecule has 0 fully saturated rings. The maximum Gasteiger partial charge on any atom is 0.277 e. The number of nitrogens with zero attached hydrogens (tertiary/aromatic N) is 7. The lowest BCUT2D eigenvalue weighted by Crippen LogP contribution is -1.99. The zero-order valence-corrected chi connectivity index (χ0v) is 15.0. The van der Waals surface area contributed by atoms with E-state index < -0.39 is 0 Å². The normalized spacial score (nSPS) is 11.1. The van der Waals surface area contributed by atoms with E-state index in [0.29, 0.717) is 35.2 Å². The highest BCUT2D eigenvalue weighted by molar-refractivity contribution is 9.10. The van der Waals surface area contributed by atoms with Gasteiger partial charge in [0, 0.05) is 10.0 Å². The highest BCUT2D eigenvalue weighted by Gasteiger charge is 2.12. The van der Waals surface area contributed by atoms with E-state index in [0.717, 1.165) is 10.0 Å². The van der Waals surface area contributed by atoms with Crippen molar-refractivity contribution in [2.75, 3.05) is 0 Å². The van der Waals surface area contributed by atoms with Gasteiger partial charge < -0.3 is 8.83 Å². The Morgan fingerprint density at radius 1 is 1.00 bits per heavy atom. The molecule has 4 rings (SSSR count). The minimum Gasteiger partial charge on any atom is -0.420 e. The quantitative estimate of drug-likeness (QED) is 0.435. The summed E-state index contributed by atoms with van der Waals surface area (Å²) in [5.41, 5.74) is 0.861. The zero-order valence-electron chi connectivity index (χ0n) is 12.6. The van der Waals surface area contributed by atoms with Gasteiger partial charge in [0.15, 0.2) is 0 Å². The summed E-state index contributed by atoms with van der Waals surface area (Å²) >= 11 is 4.72. The van der Waals surface area contributed by atoms with Gasteiger partial charge in [0.1, 0.15) is 19.2 Å². The number of benzene rings is 1. The predicted molar refractivity (Wildman–Crippen MR) is 90.4 cm³/mol.